The fourth-order valence-corrected chi connectivity index (χ4v) is 2.96. The Morgan fingerprint density at radius 3 is 2.80 bits per heavy atom. The van der Waals surface area contributed by atoms with Gasteiger partial charge in [0.05, 0.1) is 24.6 Å². The zero-order valence-corrected chi connectivity index (χ0v) is 12.1. The second kappa shape index (κ2) is 5.64. The first kappa shape index (κ1) is 13.1. The van der Waals surface area contributed by atoms with Crippen LogP contribution in [-0.2, 0) is 6.61 Å². The van der Waals surface area contributed by atoms with Crippen LogP contribution in [0.1, 0.15) is 19.0 Å². The van der Waals surface area contributed by atoms with Crippen LogP contribution in [0.25, 0.3) is 16.2 Å². The average molecular weight is 288 g/mol. The molecule has 0 radical (unpaired) electrons. The van der Waals surface area contributed by atoms with Crippen LogP contribution in [0.15, 0.2) is 35.8 Å². The van der Waals surface area contributed by atoms with Gasteiger partial charge in [-0.05, 0) is 36.2 Å². The molecule has 2 heterocycles. The van der Waals surface area contributed by atoms with Crippen LogP contribution < -0.4 is 4.74 Å². The van der Waals surface area contributed by atoms with Crippen molar-refractivity contribution in [1.29, 1.82) is 0 Å². The van der Waals surface area contributed by atoms with Crippen molar-refractivity contribution in [3.8, 4) is 17.0 Å². The Morgan fingerprint density at radius 1 is 1.30 bits per heavy atom. The molecule has 0 aliphatic carbocycles. The molecule has 0 atom stereocenters. The second-order valence-electron chi connectivity index (χ2n) is 4.54. The second-order valence-corrected chi connectivity index (χ2v) is 5.37. The van der Waals surface area contributed by atoms with Gasteiger partial charge in [0.15, 0.2) is 4.96 Å². The maximum atomic E-state index is 9.15. The van der Waals surface area contributed by atoms with E-state index in [1.165, 1.54) is 0 Å². The number of aromatic nitrogens is 2. The lowest BCUT2D eigenvalue weighted by Gasteiger charge is -2.05. The number of aliphatic hydroxyl groups excluding tert-OH is 1. The quantitative estimate of drug-likeness (QED) is 0.783. The molecule has 2 aromatic heterocycles. The minimum absolute atomic E-state index is 0.0301. The van der Waals surface area contributed by atoms with E-state index < -0.39 is 0 Å². The highest BCUT2D eigenvalue weighted by Crippen LogP contribution is 2.27. The van der Waals surface area contributed by atoms with E-state index in [9.17, 15) is 0 Å². The summed E-state index contributed by atoms with van der Waals surface area (Å²) in [5.74, 6) is 0.892. The molecule has 0 saturated heterocycles. The van der Waals surface area contributed by atoms with Crippen LogP contribution in [0.3, 0.4) is 0 Å². The van der Waals surface area contributed by atoms with Crippen LogP contribution in [0, 0.1) is 0 Å². The molecule has 3 aromatic rings. The molecule has 20 heavy (non-hydrogen) atoms. The molecular weight excluding hydrogens is 272 g/mol. The maximum Gasteiger partial charge on any atom is 0.194 e. The number of benzene rings is 1. The lowest BCUT2D eigenvalue weighted by molar-refractivity contribution is 0.277. The molecular formula is C15H16N2O2S. The summed E-state index contributed by atoms with van der Waals surface area (Å²) < 4.78 is 7.60. The number of nitrogens with zero attached hydrogens (tertiary/aromatic N) is 2. The zero-order valence-electron chi connectivity index (χ0n) is 11.2. The molecule has 104 valence electrons. The highest BCUT2D eigenvalue weighted by atomic mass is 32.1. The van der Waals surface area contributed by atoms with E-state index in [2.05, 4.69) is 17.3 Å². The van der Waals surface area contributed by atoms with Crippen molar-refractivity contribution in [3.63, 3.8) is 0 Å². The first-order valence-corrected chi connectivity index (χ1v) is 7.49. The Labute approximate surface area is 121 Å². The smallest absolute Gasteiger partial charge is 0.194 e. The Bertz CT molecular complexity index is 700. The van der Waals surface area contributed by atoms with E-state index in [1.807, 2.05) is 34.9 Å². The number of hydrogen-bond donors (Lipinski definition) is 1. The van der Waals surface area contributed by atoms with Gasteiger partial charge in [-0.1, -0.05) is 6.92 Å². The molecule has 0 unspecified atom stereocenters. The number of ether oxygens (including phenoxy) is 1. The van der Waals surface area contributed by atoms with Gasteiger partial charge >= 0.3 is 0 Å². The predicted octanol–water partition coefficient (Wildman–Crippen LogP) is 3.34. The average Bonchev–Trinajstić information content (AvgIpc) is 3.05. The Kier molecular flexibility index (Phi) is 3.71. The summed E-state index contributed by atoms with van der Waals surface area (Å²) in [5.41, 5.74) is 2.89. The van der Waals surface area contributed by atoms with Crippen LogP contribution >= 0.6 is 11.3 Å². The van der Waals surface area contributed by atoms with E-state index >= 15 is 0 Å². The summed E-state index contributed by atoms with van der Waals surface area (Å²) in [6.45, 7) is 2.80. The van der Waals surface area contributed by atoms with Crippen LogP contribution in [0.4, 0.5) is 0 Å². The lowest BCUT2D eigenvalue weighted by Crippen LogP contribution is -1.94. The number of rotatable bonds is 5. The molecule has 0 spiro atoms. The minimum atomic E-state index is -0.0301. The summed E-state index contributed by atoms with van der Waals surface area (Å²) in [5, 5.41) is 11.2. The molecule has 5 heteroatoms. The molecule has 0 bridgehead atoms. The molecule has 0 fully saturated rings. The zero-order chi connectivity index (χ0) is 13.9. The largest absolute Gasteiger partial charge is 0.494 e. The van der Waals surface area contributed by atoms with Crippen molar-refractivity contribution in [2.75, 3.05) is 6.61 Å². The van der Waals surface area contributed by atoms with Gasteiger partial charge in [0.2, 0.25) is 0 Å². The summed E-state index contributed by atoms with van der Waals surface area (Å²) in [6, 6.07) is 8.06. The van der Waals surface area contributed by atoms with Gasteiger partial charge in [0.1, 0.15) is 5.75 Å². The Balaban J connectivity index is 1.91. The molecule has 4 nitrogen and oxygen atoms in total. The van der Waals surface area contributed by atoms with Crippen LogP contribution in [0.2, 0.25) is 0 Å². The van der Waals surface area contributed by atoms with Gasteiger partial charge in [-0.3, -0.25) is 4.40 Å². The summed E-state index contributed by atoms with van der Waals surface area (Å²) >= 11 is 1.57. The van der Waals surface area contributed by atoms with E-state index in [1.54, 1.807) is 11.3 Å². The fourth-order valence-electron chi connectivity index (χ4n) is 2.06. The Hall–Kier alpha value is -1.85. The number of aliphatic hydroxyl groups is 1. The highest BCUT2D eigenvalue weighted by Gasteiger charge is 2.09. The van der Waals surface area contributed by atoms with Gasteiger partial charge in [-0.2, -0.15) is 0 Å². The fraction of sp³-hybridized carbons (Fsp3) is 0.267. The Morgan fingerprint density at radius 2 is 2.10 bits per heavy atom. The lowest BCUT2D eigenvalue weighted by atomic mass is 10.1. The van der Waals surface area contributed by atoms with Crippen molar-refractivity contribution >= 4 is 16.3 Å². The highest BCUT2D eigenvalue weighted by molar-refractivity contribution is 7.15. The molecule has 1 aromatic carbocycles. The molecule has 0 amide bonds. The first-order valence-electron chi connectivity index (χ1n) is 6.61. The van der Waals surface area contributed by atoms with Crippen LogP contribution in [0.5, 0.6) is 5.75 Å². The molecule has 3 rings (SSSR count). The minimum Gasteiger partial charge on any atom is -0.494 e. The maximum absolute atomic E-state index is 9.15. The molecule has 0 aliphatic heterocycles. The normalized spacial score (nSPS) is 11.1. The van der Waals surface area contributed by atoms with Crippen molar-refractivity contribution in [2.24, 2.45) is 0 Å². The monoisotopic (exact) mass is 288 g/mol. The van der Waals surface area contributed by atoms with E-state index in [0.717, 1.165) is 35.0 Å². The van der Waals surface area contributed by atoms with E-state index in [4.69, 9.17) is 9.84 Å². The number of hydrogen-bond acceptors (Lipinski definition) is 4. The SMILES string of the molecule is CCCOc1ccc(-c2csc3nc(CO)cn23)cc1. The van der Waals surface area contributed by atoms with Crippen molar-refractivity contribution in [3.05, 3.63) is 41.5 Å². The van der Waals surface area contributed by atoms with E-state index in [-0.39, 0.29) is 6.61 Å². The van der Waals surface area contributed by atoms with Crippen LogP contribution in [-0.4, -0.2) is 21.1 Å². The van der Waals surface area contributed by atoms with Gasteiger partial charge in [0, 0.05) is 11.6 Å². The summed E-state index contributed by atoms with van der Waals surface area (Å²) in [7, 11) is 0. The van der Waals surface area contributed by atoms with Crippen molar-refractivity contribution in [2.45, 2.75) is 20.0 Å². The van der Waals surface area contributed by atoms with Crippen molar-refractivity contribution in [1.82, 2.24) is 9.38 Å². The van der Waals surface area contributed by atoms with Gasteiger partial charge < -0.3 is 9.84 Å². The molecule has 0 aliphatic rings. The topological polar surface area (TPSA) is 46.8 Å². The third-order valence-corrected chi connectivity index (χ3v) is 3.88. The third kappa shape index (κ3) is 2.42. The number of imidazole rings is 1. The molecule has 1 N–H and O–H groups in total. The number of thiazole rings is 1. The summed E-state index contributed by atoms with van der Waals surface area (Å²) in [4.78, 5) is 5.24. The van der Waals surface area contributed by atoms with Gasteiger partial charge in [-0.25, -0.2) is 4.98 Å². The van der Waals surface area contributed by atoms with Crippen molar-refractivity contribution < 1.29 is 9.84 Å². The summed E-state index contributed by atoms with van der Waals surface area (Å²) in [6.07, 6.45) is 2.88. The van der Waals surface area contributed by atoms with Gasteiger partial charge in [-0.15, -0.1) is 11.3 Å². The van der Waals surface area contributed by atoms with Gasteiger partial charge in [0.25, 0.3) is 0 Å². The predicted molar refractivity (Wildman–Crippen MR) is 80.2 cm³/mol. The molecule has 0 saturated carbocycles. The first-order chi connectivity index (χ1) is 9.81. The van der Waals surface area contributed by atoms with E-state index in [0.29, 0.717) is 5.69 Å². The third-order valence-electron chi connectivity index (χ3n) is 3.04. The standard InChI is InChI=1S/C15H16N2O2S/c1-2-7-19-13-5-3-11(4-6-13)14-10-20-15-16-12(9-18)8-17(14)15/h3-6,8,10,18H,2,7,9H2,1H3. The number of fused-ring (bicyclic) bond motifs is 1.